The van der Waals surface area contributed by atoms with Crippen molar-refractivity contribution in [3.8, 4) is 11.4 Å². The van der Waals surface area contributed by atoms with Crippen LogP contribution in [0.2, 0.25) is 0 Å². The highest BCUT2D eigenvalue weighted by molar-refractivity contribution is 5.79. The molecular formula is C22H21F2N3O2. The molecule has 0 saturated heterocycles. The van der Waals surface area contributed by atoms with Crippen LogP contribution < -0.4 is 10.1 Å². The molecule has 7 heteroatoms. The molecular weight excluding hydrogens is 376 g/mol. The SMILES string of the molecule is COc1cccc(CC(=O)N[C@H]2CCCc3c2cnn3-c2ccc(F)cc2F)c1. The van der Waals surface area contributed by atoms with Gasteiger partial charge >= 0.3 is 0 Å². The molecule has 4 rings (SSSR count). The van der Waals surface area contributed by atoms with Gasteiger partial charge in [0.15, 0.2) is 5.82 Å². The van der Waals surface area contributed by atoms with Gasteiger partial charge in [-0.15, -0.1) is 0 Å². The van der Waals surface area contributed by atoms with Crippen molar-refractivity contribution in [1.29, 1.82) is 0 Å². The van der Waals surface area contributed by atoms with Crippen LogP contribution in [0.5, 0.6) is 5.75 Å². The Labute approximate surface area is 167 Å². The quantitative estimate of drug-likeness (QED) is 0.711. The molecule has 29 heavy (non-hydrogen) atoms. The maximum atomic E-state index is 14.2. The molecule has 2 aromatic carbocycles. The number of benzene rings is 2. The van der Waals surface area contributed by atoms with Gasteiger partial charge in [-0.2, -0.15) is 5.10 Å². The van der Waals surface area contributed by atoms with E-state index in [1.807, 2.05) is 24.3 Å². The summed E-state index contributed by atoms with van der Waals surface area (Å²) in [4.78, 5) is 12.6. The number of amides is 1. The Morgan fingerprint density at radius 3 is 2.93 bits per heavy atom. The summed E-state index contributed by atoms with van der Waals surface area (Å²) in [5.41, 5.74) is 2.78. The van der Waals surface area contributed by atoms with Gasteiger partial charge in [0, 0.05) is 17.3 Å². The van der Waals surface area contributed by atoms with Gasteiger partial charge in [0.05, 0.1) is 25.8 Å². The Bertz CT molecular complexity index is 1050. The van der Waals surface area contributed by atoms with Crippen molar-refractivity contribution in [2.45, 2.75) is 31.7 Å². The fourth-order valence-corrected chi connectivity index (χ4v) is 3.78. The van der Waals surface area contributed by atoms with E-state index in [-0.39, 0.29) is 24.1 Å². The standard InChI is InChI=1S/C22H21F2N3O2/c1-29-16-5-2-4-14(10-16)11-22(28)26-19-6-3-7-20-17(19)13-25-27(20)21-9-8-15(23)12-18(21)24/h2,4-5,8-10,12-13,19H,3,6-7,11H2,1H3,(H,26,28)/t19-/m0/s1. The molecule has 5 nitrogen and oxygen atoms in total. The number of hydrogen-bond acceptors (Lipinski definition) is 3. The smallest absolute Gasteiger partial charge is 0.224 e. The zero-order chi connectivity index (χ0) is 20.4. The summed E-state index contributed by atoms with van der Waals surface area (Å²) >= 11 is 0. The lowest BCUT2D eigenvalue weighted by Crippen LogP contribution is -2.32. The van der Waals surface area contributed by atoms with Crippen LogP contribution >= 0.6 is 0 Å². The number of halogens is 2. The van der Waals surface area contributed by atoms with Crippen LogP contribution in [-0.2, 0) is 17.6 Å². The second-order valence-corrected chi connectivity index (χ2v) is 7.09. The molecule has 1 atom stereocenters. The van der Waals surface area contributed by atoms with E-state index < -0.39 is 11.6 Å². The minimum atomic E-state index is -0.667. The number of rotatable bonds is 5. The monoisotopic (exact) mass is 397 g/mol. The van der Waals surface area contributed by atoms with Gasteiger partial charge in [-0.3, -0.25) is 4.79 Å². The maximum Gasteiger partial charge on any atom is 0.224 e. The van der Waals surface area contributed by atoms with Crippen LogP contribution in [0, 0.1) is 11.6 Å². The minimum absolute atomic E-state index is 0.100. The van der Waals surface area contributed by atoms with Crippen LogP contribution in [0.4, 0.5) is 8.78 Å². The predicted molar refractivity (Wildman–Crippen MR) is 104 cm³/mol. The number of nitrogens with one attached hydrogen (secondary N) is 1. The van der Waals surface area contributed by atoms with E-state index in [4.69, 9.17) is 4.74 Å². The first-order valence-corrected chi connectivity index (χ1v) is 9.49. The van der Waals surface area contributed by atoms with Crippen molar-refractivity contribution < 1.29 is 18.3 Å². The van der Waals surface area contributed by atoms with E-state index in [2.05, 4.69) is 10.4 Å². The van der Waals surface area contributed by atoms with Crippen LogP contribution in [0.3, 0.4) is 0 Å². The fraction of sp³-hybridized carbons (Fsp3) is 0.273. The molecule has 3 aromatic rings. The highest BCUT2D eigenvalue weighted by atomic mass is 19.1. The average molecular weight is 397 g/mol. The third-order valence-electron chi connectivity index (χ3n) is 5.15. The summed E-state index contributed by atoms with van der Waals surface area (Å²) in [6.07, 6.45) is 4.24. The number of carbonyl (C=O) groups is 1. The van der Waals surface area contributed by atoms with Gasteiger partial charge in [-0.1, -0.05) is 12.1 Å². The van der Waals surface area contributed by atoms with E-state index in [0.29, 0.717) is 12.2 Å². The van der Waals surface area contributed by atoms with Crippen molar-refractivity contribution in [3.05, 3.63) is 77.1 Å². The molecule has 0 radical (unpaired) electrons. The Balaban J connectivity index is 1.53. The fourth-order valence-electron chi connectivity index (χ4n) is 3.78. The summed E-state index contributed by atoms with van der Waals surface area (Å²) in [5.74, 6) is -0.690. The lowest BCUT2D eigenvalue weighted by Gasteiger charge is -2.24. The zero-order valence-corrected chi connectivity index (χ0v) is 16.0. The minimum Gasteiger partial charge on any atom is -0.497 e. The maximum absolute atomic E-state index is 14.2. The highest BCUT2D eigenvalue weighted by Gasteiger charge is 2.26. The Kier molecular flexibility index (Phi) is 5.29. The second-order valence-electron chi connectivity index (χ2n) is 7.09. The molecule has 1 aliphatic rings. The van der Waals surface area contributed by atoms with Gasteiger partial charge in [0.2, 0.25) is 5.91 Å². The lowest BCUT2D eigenvalue weighted by molar-refractivity contribution is -0.121. The third-order valence-corrected chi connectivity index (χ3v) is 5.15. The third kappa shape index (κ3) is 3.99. The molecule has 1 aliphatic carbocycles. The van der Waals surface area contributed by atoms with Crippen molar-refractivity contribution in [2.24, 2.45) is 0 Å². The summed E-state index contributed by atoms with van der Waals surface area (Å²) in [6, 6.07) is 10.6. The van der Waals surface area contributed by atoms with Gasteiger partial charge in [0.25, 0.3) is 0 Å². The van der Waals surface area contributed by atoms with Gasteiger partial charge in [0.1, 0.15) is 17.3 Å². The van der Waals surface area contributed by atoms with Crippen molar-refractivity contribution in [3.63, 3.8) is 0 Å². The van der Waals surface area contributed by atoms with E-state index in [9.17, 15) is 13.6 Å². The van der Waals surface area contributed by atoms with E-state index in [1.165, 1.54) is 16.8 Å². The van der Waals surface area contributed by atoms with Gasteiger partial charge in [-0.25, -0.2) is 13.5 Å². The number of ether oxygens (including phenoxy) is 1. The molecule has 1 aromatic heterocycles. The van der Waals surface area contributed by atoms with Crippen molar-refractivity contribution in [2.75, 3.05) is 7.11 Å². The van der Waals surface area contributed by atoms with Gasteiger partial charge in [-0.05, 0) is 49.1 Å². The number of aromatic nitrogens is 2. The molecule has 0 fully saturated rings. The van der Waals surface area contributed by atoms with Crippen LogP contribution in [0.25, 0.3) is 5.69 Å². The number of methoxy groups -OCH3 is 1. The molecule has 1 heterocycles. The largest absolute Gasteiger partial charge is 0.497 e. The molecule has 0 unspecified atom stereocenters. The average Bonchev–Trinajstić information content (AvgIpc) is 3.13. The summed E-state index contributed by atoms with van der Waals surface area (Å²) < 4.78 is 34.2. The molecule has 150 valence electrons. The van der Waals surface area contributed by atoms with Gasteiger partial charge < -0.3 is 10.1 Å². The van der Waals surface area contributed by atoms with Crippen molar-refractivity contribution in [1.82, 2.24) is 15.1 Å². The number of hydrogen-bond donors (Lipinski definition) is 1. The van der Waals surface area contributed by atoms with Crippen LogP contribution in [0.15, 0.2) is 48.7 Å². The molecule has 0 spiro atoms. The second kappa shape index (κ2) is 8.03. The van der Waals surface area contributed by atoms with E-state index in [0.717, 1.165) is 35.7 Å². The topological polar surface area (TPSA) is 56.1 Å². The number of fused-ring (bicyclic) bond motifs is 1. The van der Waals surface area contributed by atoms with E-state index in [1.54, 1.807) is 13.3 Å². The van der Waals surface area contributed by atoms with E-state index >= 15 is 0 Å². The zero-order valence-electron chi connectivity index (χ0n) is 16.0. The molecule has 0 aliphatic heterocycles. The Morgan fingerprint density at radius 2 is 2.14 bits per heavy atom. The first kappa shape index (κ1) is 19.1. The number of nitrogens with zero attached hydrogens (tertiary/aromatic N) is 2. The van der Waals surface area contributed by atoms with Crippen LogP contribution in [0.1, 0.15) is 35.7 Å². The first-order valence-electron chi connectivity index (χ1n) is 9.49. The number of carbonyl (C=O) groups excluding carboxylic acids is 1. The molecule has 1 N–H and O–H groups in total. The lowest BCUT2D eigenvalue weighted by atomic mass is 9.92. The summed E-state index contributed by atoms with van der Waals surface area (Å²) in [6.45, 7) is 0. The summed E-state index contributed by atoms with van der Waals surface area (Å²) in [7, 11) is 1.59. The molecule has 0 bridgehead atoms. The van der Waals surface area contributed by atoms with Crippen molar-refractivity contribution >= 4 is 5.91 Å². The predicted octanol–water partition coefficient (Wildman–Crippen LogP) is 3.90. The Hall–Kier alpha value is -3.22. The molecule has 1 amide bonds. The Morgan fingerprint density at radius 1 is 1.28 bits per heavy atom. The van der Waals surface area contributed by atoms with Crippen LogP contribution in [-0.4, -0.2) is 22.8 Å². The summed E-state index contributed by atoms with van der Waals surface area (Å²) in [5, 5.41) is 7.37. The highest BCUT2D eigenvalue weighted by Crippen LogP contribution is 2.31. The normalized spacial score (nSPS) is 15.6. The molecule has 0 saturated carbocycles. The first-order chi connectivity index (χ1) is 14.0.